The number of carbonyl (C=O) groups excluding carboxylic acids is 2. The van der Waals surface area contributed by atoms with E-state index in [2.05, 4.69) is 4.74 Å². The highest BCUT2D eigenvalue weighted by Gasteiger charge is 2.60. The lowest BCUT2D eigenvalue weighted by Crippen LogP contribution is -2.55. The highest BCUT2D eigenvalue weighted by molar-refractivity contribution is 7.99. The maximum atomic E-state index is 13.3. The summed E-state index contributed by atoms with van der Waals surface area (Å²) >= 11 is 7.27. The highest BCUT2D eigenvalue weighted by Crippen LogP contribution is 2.37. The molecule has 1 atom stereocenters. The van der Waals surface area contributed by atoms with E-state index in [0.717, 1.165) is 6.92 Å². The highest BCUT2D eigenvalue weighted by atomic mass is 35.5. The van der Waals surface area contributed by atoms with Gasteiger partial charge in [0.15, 0.2) is 0 Å². The van der Waals surface area contributed by atoms with Crippen LogP contribution in [0.2, 0.25) is 5.02 Å². The van der Waals surface area contributed by atoms with E-state index in [9.17, 15) is 32.9 Å². The minimum Gasteiger partial charge on any atom is -0.439 e. The van der Waals surface area contributed by atoms with Gasteiger partial charge >= 0.3 is 12.1 Å². The number of nitrogens with zero attached hydrogens (tertiary/aromatic N) is 1. The first kappa shape index (κ1) is 23.5. The van der Waals surface area contributed by atoms with Crippen molar-refractivity contribution in [3.05, 3.63) is 57.6 Å². The second kappa shape index (κ2) is 8.92. The summed E-state index contributed by atoms with van der Waals surface area (Å²) in [6, 6.07) is 9.89. The Kier molecular flexibility index (Phi) is 6.99. The number of alkyl halides is 3. The quantitative estimate of drug-likeness (QED) is 0.359. The molecular formula is C18H14ClF3N2O5S. The number of hydrogen-bond acceptors (Lipinski definition) is 6. The molecule has 0 aliphatic carbocycles. The zero-order chi connectivity index (χ0) is 22.7. The molecule has 0 spiro atoms. The Bertz CT molecular complexity index is 985. The lowest BCUT2D eigenvalue weighted by atomic mass is 10.0. The molecular weight excluding hydrogens is 449 g/mol. The van der Waals surface area contributed by atoms with E-state index in [1.807, 2.05) is 5.32 Å². The largest absolute Gasteiger partial charge is 0.439 e. The fourth-order valence-electron chi connectivity index (χ4n) is 2.19. The van der Waals surface area contributed by atoms with E-state index in [4.69, 9.17) is 11.6 Å². The van der Waals surface area contributed by atoms with Crippen molar-refractivity contribution in [1.82, 2.24) is 0 Å². The molecule has 0 aliphatic heterocycles. The topological polar surface area (TPSA) is 98.5 Å². The van der Waals surface area contributed by atoms with Gasteiger partial charge in [-0.15, -0.1) is 0 Å². The summed E-state index contributed by atoms with van der Waals surface area (Å²) < 4.78 is 44.1. The minimum atomic E-state index is -5.15. The number of ether oxygens (including phenoxy) is 1. The lowest BCUT2D eigenvalue weighted by Gasteiger charge is -2.29. The van der Waals surface area contributed by atoms with Gasteiger partial charge in [0.1, 0.15) is 0 Å². The number of nitro groups is 1. The van der Waals surface area contributed by atoms with E-state index in [1.165, 1.54) is 54.2 Å². The number of nitro benzene ring substituents is 1. The predicted octanol–water partition coefficient (Wildman–Crippen LogP) is 5.22. The standard InChI is InChI=1S/C18H14ClF3N2O5S/c1-10(25)29-17(2,18(20,21)22)16(26)23-15-8-7-13(9-14(15)19)30-12-5-3-11(4-6-12)24(27)28/h3-9H,1-2H3,(H,23,26). The van der Waals surface area contributed by atoms with Crippen LogP contribution in [0.3, 0.4) is 0 Å². The Morgan fingerprint density at radius 3 is 2.17 bits per heavy atom. The molecule has 0 bridgehead atoms. The van der Waals surface area contributed by atoms with Crippen LogP contribution < -0.4 is 5.32 Å². The molecule has 2 aromatic rings. The van der Waals surface area contributed by atoms with Crippen LogP contribution in [0.15, 0.2) is 52.3 Å². The summed E-state index contributed by atoms with van der Waals surface area (Å²) in [5.74, 6) is -2.88. The normalized spacial score (nSPS) is 13.3. The molecule has 1 unspecified atom stereocenters. The molecule has 30 heavy (non-hydrogen) atoms. The van der Waals surface area contributed by atoms with E-state index in [0.29, 0.717) is 16.7 Å². The van der Waals surface area contributed by atoms with Gasteiger partial charge < -0.3 is 10.1 Å². The van der Waals surface area contributed by atoms with Gasteiger partial charge in [0, 0.05) is 28.8 Å². The van der Waals surface area contributed by atoms with E-state index in [1.54, 1.807) is 0 Å². The molecule has 0 aromatic heterocycles. The van der Waals surface area contributed by atoms with Crippen molar-refractivity contribution in [1.29, 1.82) is 0 Å². The first-order valence-corrected chi connectivity index (χ1v) is 9.32. The van der Waals surface area contributed by atoms with Crippen molar-refractivity contribution in [2.75, 3.05) is 5.32 Å². The summed E-state index contributed by atoms with van der Waals surface area (Å²) in [5.41, 5.74) is -3.58. The molecule has 0 aliphatic rings. The van der Waals surface area contributed by atoms with Gasteiger partial charge in [0.05, 0.1) is 15.6 Å². The average molecular weight is 463 g/mol. The molecule has 0 radical (unpaired) electrons. The lowest BCUT2D eigenvalue weighted by molar-refractivity contribution is -0.384. The van der Waals surface area contributed by atoms with Gasteiger partial charge in [-0.2, -0.15) is 13.2 Å². The summed E-state index contributed by atoms with van der Waals surface area (Å²) in [6.07, 6.45) is -5.15. The smallest absolute Gasteiger partial charge is 0.437 e. The summed E-state index contributed by atoms with van der Waals surface area (Å²) in [6.45, 7) is 1.20. The fourth-order valence-corrected chi connectivity index (χ4v) is 3.34. The van der Waals surface area contributed by atoms with Gasteiger partial charge in [-0.1, -0.05) is 23.4 Å². The van der Waals surface area contributed by atoms with Crippen molar-refractivity contribution in [2.45, 2.75) is 35.4 Å². The number of nitrogens with one attached hydrogen (secondary N) is 1. The number of anilines is 1. The summed E-state index contributed by atoms with van der Waals surface area (Å²) in [5, 5.41) is 12.6. The molecule has 1 amide bonds. The van der Waals surface area contributed by atoms with Gasteiger partial charge in [-0.05, 0) is 37.3 Å². The van der Waals surface area contributed by atoms with Crippen molar-refractivity contribution >= 4 is 46.6 Å². The van der Waals surface area contributed by atoms with Crippen LogP contribution in [0.1, 0.15) is 13.8 Å². The molecule has 2 aromatic carbocycles. The Morgan fingerprint density at radius 2 is 1.70 bits per heavy atom. The molecule has 0 saturated heterocycles. The van der Waals surface area contributed by atoms with Crippen molar-refractivity contribution < 1.29 is 32.4 Å². The minimum absolute atomic E-state index is 0.0531. The van der Waals surface area contributed by atoms with Crippen LogP contribution in [-0.4, -0.2) is 28.6 Å². The van der Waals surface area contributed by atoms with Crippen LogP contribution in [0.25, 0.3) is 0 Å². The zero-order valence-corrected chi connectivity index (χ0v) is 17.0. The first-order valence-electron chi connectivity index (χ1n) is 8.13. The monoisotopic (exact) mass is 462 g/mol. The molecule has 0 heterocycles. The van der Waals surface area contributed by atoms with E-state index >= 15 is 0 Å². The Labute approximate surface area is 177 Å². The molecule has 2 rings (SSSR count). The zero-order valence-electron chi connectivity index (χ0n) is 15.5. The predicted molar refractivity (Wildman–Crippen MR) is 104 cm³/mol. The molecule has 1 N–H and O–H groups in total. The van der Waals surface area contributed by atoms with Crippen LogP contribution in [0, 0.1) is 10.1 Å². The van der Waals surface area contributed by atoms with Crippen LogP contribution >= 0.6 is 23.4 Å². The number of benzene rings is 2. The third-order valence-corrected chi connectivity index (χ3v) is 5.10. The van der Waals surface area contributed by atoms with Gasteiger partial charge in [-0.25, -0.2) is 0 Å². The van der Waals surface area contributed by atoms with E-state index < -0.39 is 28.6 Å². The maximum Gasteiger partial charge on any atom is 0.437 e. The number of rotatable bonds is 6. The summed E-state index contributed by atoms with van der Waals surface area (Å²) in [7, 11) is 0. The first-order chi connectivity index (χ1) is 13.8. The SMILES string of the molecule is CC(=O)OC(C)(C(=O)Nc1ccc(Sc2ccc([N+](=O)[O-])cc2)cc1Cl)C(F)(F)F. The fraction of sp³-hybridized carbons (Fsp3) is 0.222. The van der Waals surface area contributed by atoms with Crippen molar-refractivity contribution in [3.8, 4) is 0 Å². The van der Waals surface area contributed by atoms with Crippen LogP contribution in [-0.2, 0) is 14.3 Å². The Balaban J connectivity index is 2.19. The van der Waals surface area contributed by atoms with Crippen LogP contribution in [0.4, 0.5) is 24.5 Å². The number of non-ortho nitro benzene ring substituents is 1. The molecule has 12 heteroatoms. The molecule has 0 fully saturated rings. The second-order valence-corrected chi connectivity index (χ2v) is 7.63. The van der Waals surface area contributed by atoms with E-state index in [-0.39, 0.29) is 16.4 Å². The number of hydrogen-bond donors (Lipinski definition) is 1. The number of amides is 1. The van der Waals surface area contributed by atoms with Crippen molar-refractivity contribution in [2.24, 2.45) is 0 Å². The molecule has 0 saturated carbocycles. The number of carbonyl (C=O) groups is 2. The van der Waals surface area contributed by atoms with Gasteiger partial charge in [0.2, 0.25) is 0 Å². The number of esters is 1. The molecule has 7 nitrogen and oxygen atoms in total. The van der Waals surface area contributed by atoms with Gasteiger partial charge in [-0.3, -0.25) is 19.7 Å². The van der Waals surface area contributed by atoms with Gasteiger partial charge in [0.25, 0.3) is 17.2 Å². The maximum absolute atomic E-state index is 13.3. The third-order valence-electron chi connectivity index (χ3n) is 3.79. The summed E-state index contributed by atoms with van der Waals surface area (Å²) in [4.78, 5) is 34.6. The average Bonchev–Trinajstić information content (AvgIpc) is 2.62. The Hall–Kier alpha value is -2.79. The van der Waals surface area contributed by atoms with Crippen LogP contribution in [0.5, 0.6) is 0 Å². The third kappa shape index (κ3) is 5.42. The van der Waals surface area contributed by atoms with Crippen molar-refractivity contribution in [3.63, 3.8) is 0 Å². The Morgan fingerprint density at radius 1 is 1.13 bits per heavy atom. The molecule has 160 valence electrons. The second-order valence-electron chi connectivity index (χ2n) is 6.07. The number of halogens is 4.